The second-order valence-corrected chi connectivity index (χ2v) is 10.0. The summed E-state index contributed by atoms with van der Waals surface area (Å²) in [6.45, 7) is 4.04. The van der Waals surface area contributed by atoms with Crippen molar-refractivity contribution in [2.24, 2.45) is 0 Å². The highest BCUT2D eigenvalue weighted by molar-refractivity contribution is 5.94. The molecule has 3 aromatic heterocycles. The SMILES string of the molecule is N#Cc1cc(-c2ncnc3[nH]c(-c4ccc(N5CCOCC5)nc4)cc23)ccc1OC1CCN(C(O)CO)CC1. The third-order valence-corrected chi connectivity index (χ3v) is 7.55. The van der Waals surface area contributed by atoms with Crippen molar-refractivity contribution in [2.75, 3.05) is 50.9 Å². The molecule has 206 valence electrons. The number of hydrogen-bond donors (Lipinski definition) is 3. The molecule has 11 heteroatoms. The molecule has 1 unspecified atom stereocenters. The average Bonchev–Trinajstić information content (AvgIpc) is 3.46. The number of morpholine rings is 1. The summed E-state index contributed by atoms with van der Waals surface area (Å²) in [5.41, 5.74) is 4.48. The van der Waals surface area contributed by atoms with E-state index < -0.39 is 6.23 Å². The lowest BCUT2D eigenvalue weighted by Gasteiger charge is -2.34. The Labute approximate surface area is 231 Å². The maximum atomic E-state index is 9.89. The Morgan fingerprint density at radius 3 is 2.58 bits per heavy atom. The van der Waals surface area contributed by atoms with Crippen LogP contribution in [-0.2, 0) is 4.74 Å². The van der Waals surface area contributed by atoms with Gasteiger partial charge in [0.1, 0.15) is 41.9 Å². The van der Waals surface area contributed by atoms with Gasteiger partial charge in [0, 0.05) is 54.6 Å². The molecule has 0 amide bonds. The lowest BCUT2D eigenvalue weighted by Crippen LogP contribution is -2.45. The number of rotatable bonds is 7. The Hall–Kier alpha value is -4.08. The molecule has 5 heterocycles. The summed E-state index contributed by atoms with van der Waals surface area (Å²) in [4.78, 5) is 21.1. The average molecular weight is 542 g/mol. The van der Waals surface area contributed by atoms with E-state index in [-0.39, 0.29) is 12.7 Å². The molecule has 2 aliphatic rings. The standard InChI is InChI=1S/C29H31N7O4/c30-15-21-13-19(1-3-25(21)40-22-5-7-36(8-6-22)27(38)17-37)28-23-14-24(34-29(23)33-18-32-28)20-2-4-26(31-16-20)35-9-11-39-12-10-35/h1-4,13-14,16,18,22,27,37-38H,5-12,17H2,(H,32,33,34). The Kier molecular flexibility index (Phi) is 7.57. The second-order valence-electron chi connectivity index (χ2n) is 10.0. The maximum Gasteiger partial charge on any atom is 0.141 e. The van der Waals surface area contributed by atoms with Crippen LogP contribution in [0.1, 0.15) is 18.4 Å². The first-order chi connectivity index (χ1) is 19.6. The van der Waals surface area contributed by atoms with Crippen LogP contribution in [0.3, 0.4) is 0 Å². The third-order valence-electron chi connectivity index (χ3n) is 7.55. The lowest BCUT2D eigenvalue weighted by atomic mass is 10.0. The van der Waals surface area contributed by atoms with Gasteiger partial charge in [-0.05, 0) is 49.2 Å². The summed E-state index contributed by atoms with van der Waals surface area (Å²) >= 11 is 0. The summed E-state index contributed by atoms with van der Waals surface area (Å²) in [5.74, 6) is 1.46. The molecule has 0 spiro atoms. The monoisotopic (exact) mass is 541 g/mol. The number of likely N-dealkylation sites (tertiary alicyclic amines) is 1. The van der Waals surface area contributed by atoms with Gasteiger partial charge in [-0.3, -0.25) is 4.90 Å². The summed E-state index contributed by atoms with van der Waals surface area (Å²) < 4.78 is 11.6. The molecule has 6 rings (SSSR count). The number of aromatic amines is 1. The third kappa shape index (κ3) is 5.35. The largest absolute Gasteiger partial charge is 0.489 e. The molecule has 0 saturated carbocycles. The molecule has 1 aromatic carbocycles. The van der Waals surface area contributed by atoms with E-state index >= 15 is 0 Å². The molecule has 0 bridgehead atoms. The van der Waals surface area contributed by atoms with Gasteiger partial charge < -0.3 is 29.6 Å². The summed E-state index contributed by atoms with van der Waals surface area (Å²) in [7, 11) is 0. The molecule has 11 nitrogen and oxygen atoms in total. The van der Waals surface area contributed by atoms with Crippen LogP contribution in [0.25, 0.3) is 33.5 Å². The molecular formula is C29H31N7O4. The molecule has 2 aliphatic heterocycles. The van der Waals surface area contributed by atoms with E-state index in [0.717, 1.165) is 46.8 Å². The van der Waals surface area contributed by atoms with Crippen molar-refractivity contribution < 1.29 is 19.7 Å². The molecule has 40 heavy (non-hydrogen) atoms. The van der Waals surface area contributed by atoms with Gasteiger partial charge in [0.15, 0.2) is 0 Å². The smallest absolute Gasteiger partial charge is 0.141 e. The number of hydrogen-bond acceptors (Lipinski definition) is 10. The zero-order chi connectivity index (χ0) is 27.5. The quantitative estimate of drug-likeness (QED) is 0.319. The normalized spacial score (nSPS) is 17.6. The number of piperidine rings is 1. The van der Waals surface area contributed by atoms with E-state index in [2.05, 4.69) is 30.9 Å². The maximum absolute atomic E-state index is 9.89. The zero-order valence-corrected chi connectivity index (χ0v) is 22.0. The molecule has 4 aromatic rings. The van der Waals surface area contributed by atoms with Crippen molar-refractivity contribution in [1.29, 1.82) is 5.26 Å². The fraction of sp³-hybridized carbons (Fsp3) is 0.379. The van der Waals surface area contributed by atoms with Crippen molar-refractivity contribution in [3.8, 4) is 34.3 Å². The van der Waals surface area contributed by atoms with Crippen LogP contribution in [0.2, 0.25) is 0 Å². The fourth-order valence-corrected chi connectivity index (χ4v) is 5.30. The molecule has 1 atom stereocenters. The van der Waals surface area contributed by atoms with Crippen molar-refractivity contribution in [3.05, 3.63) is 54.5 Å². The molecule has 2 fully saturated rings. The van der Waals surface area contributed by atoms with Crippen molar-refractivity contribution in [1.82, 2.24) is 24.8 Å². The van der Waals surface area contributed by atoms with Crippen LogP contribution < -0.4 is 9.64 Å². The molecule has 2 saturated heterocycles. The fourth-order valence-electron chi connectivity index (χ4n) is 5.30. The van der Waals surface area contributed by atoms with Crippen LogP contribution in [0, 0.1) is 11.3 Å². The Balaban J connectivity index is 1.22. The van der Waals surface area contributed by atoms with Crippen LogP contribution in [0.5, 0.6) is 5.75 Å². The minimum absolute atomic E-state index is 0.0682. The van der Waals surface area contributed by atoms with Crippen LogP contribution in [0.4, 0.5) is 5.82 Å². The number of nitrogens with zero attached hydrogens (tertiary/aromatic N) is 6. The number of benzene rings is 1. The highest BCUT2D eigenvalue weighted by Gasteiger charge is 2.25. The number of fused-ring (bicyclic) bond motifs is 1. The van der Waals surface area contributed by atoms with E-state index in [9.17, 15) is 15.5 Å². The Morgan fingerprint density at radius 2 is 1.85 bits per heavy atom. The number of aliphatic hydroxyl groups is 2. The second kappa shape index (κ2) is 11.6. The highest BCUT2D eigenvalue weighted by atomic mass is 16.5. The van der Waals surface area contributed by atoms with E-state index in [4.69, 9.17) is 9.47 Å². The Morgan fingerprint density at radius 1 is 1.05 bits per heavy atom. The first-order valence-electron chi connectivity index (χ1n) is 13.5. The number of nitriles is 1. The lowest BCUT2D eigenvalue weighted by molar-refractivity contribution is -0.0567. The van der Waals surface area contributed by atoms with Gasteiger partial charge in [0.2, 0.25) is 0 Å². The number of H-pyrrole nitrogens is 1. The molecule has 0 radical (unpaired) electrons. The van der Waals surface area contributed by atoms with Gasteiger partial charge in [0.05, 0.1) is 31.1 Å². The number of aromatic nitrogens is 4. The minimum atomic E-state index is -0.848. The molecular weight excluding hydrogens is 510 g/mol. The number of aliphatic hydroxyl groups excluding tert-OH is 2. The van der Waals surface area contributed by atoms with Crippen molar-refractivity contribution in [2.45, 2.75) is 25.2 Å². The van der Waals surface area contributed by atoms with Crippen LogP contribution in [0.15, 0.2) is 48.9 Å². The summed E-state index contributed by atoms with van der Waals surface area (Å²) in [6.07, 6.45) is 3.86. The van der Waals surface area contributed by atoms with Gasteiger partial charge in [-0.25, -0.2) is 15.0 Å². The van der Waals surface area contributed by atoms with Crippen molar-refractivity contribution >= 4 is 16.9 Å². The van der Waals surface area contributed by atoms with E-state index in [1.165, 1.54) is 6.33 Å². The molecule has 0 aliphatic carbocycles. The summed E-state index contributed by atoms with van der Waals surface area (Å²) in [6, 6.07) is 13.9. The number of anilines is 1. The predicted molar refractivity (Wildman–Crippen MR) is 149 cm³/mol. The van der Waals surface area contributed by atoms with Gasteiger partial charge in [-0.1, -0.05) is 0 Å². The van der Waals surface area contributed by atoms with Gasteiger partial charge in [-0.2, -0.15) is 5.26 Å². The van der Waals surface area contributed by atoms with E-state index in [1.807, 2.05) is 41.4 Å². The van der Waals surface area contributed by atoms with Gasteiger partial charge >= 0.3 is 0 Å². The highest BCUT2D eigenvalue weighted by Crippen LogP contribution is 2.33. The molecule has 3 N–H and O–H groups in total. The van der Waals surface area contributed by atoms with E-state index in [0.29, 0.717) is 56.1 Å². The minimum Gasteiger partial charge on any atom is -0.489 e. The number of pyridine rings is 1. The van der Waals surface area contributed by atoms with Crippen molar-refractivity contribution in [3.63, 3.8) is 0 Å². The topological polar surface area (TPSA) is 144 Å². The van der Waals surface area contributed by atoms with Gasteiger partial charge in [-0.15, -0.1) is 0 Å². The Bertz CT molecular complexity index is 1500. The number of ether oxygens (including phenoxy) is 2. The predicted octanol–water partition coefficient (Wildman–Crippen LogP) is 2.55. The van der Waals surface area contributed by atoms with E-state index in [1.54, 1.807) is 6.07 Å². The summed E-state index contributed by atoms with van der Waals surface area (Å²) in [5, 5.41) is 29.8. The van der Waals surface area contributed by atoms with Crippen LogP contribution >= 0.6 is 0 Å². The van der Waals surface area contributed by atoms with Crippen LogP contribution in [-0.4, -0.2) is 93.4 Å². The number of nitrogens with one attached hydrogen (secondary N) is 1. The first kappa shape index (κ1) is 26.2. The zero-order valence-electron chi connectivity index (χ0n) is 22.0. The van der Waals surface area contributed by atoms with Gasteiger partial charge in [0.25, 0.3) is 0 Å². The first-order valence-corrected chi connectivity index (χ1v) is 13.5.